The van der Waals surface area contributed by atoms with Crippen molar-refractivity contribution in [2.24, 2.45) is 0 Å². The molecule has 0 saturated carbocycles. The lowest BCUT2D eigenvalue weighted by Crippen LogP contribution is -2.29. The standard InChI is InChI=1S/C11H23N/c1-5-7-8-10-12(4)11(3)9-6-2/h5,11H,1,6-10H2,2-4H3/t11-/m0/s1. The fourth-order valence-corrected chi connectivity index (χ4v) is 1.34. The molecular formula is C11H23N. The summed E-state index contributed by atoms with van der Waals surface area (Å²) < 4.78 is 0. The Kier molecular flexibility index (Phi) is 7.17. The minimum absolute atomic E-state index is 0.736. The second kappa shape index (κ2) is 7.35. The Balaban J connectivity index is 3.41. The lowest BCUT2D eigenvalue weighted by atomic mass is 10.1. The molecular weight excluding hydrogens is 146 g/mol. The van der Waals surface area contributed by atoms with Crippen LogP contribution in [0.1, 0.15) is 39.5 Å². The van der Waals surface area contributed by atoms with Crippen LogP contribution in [0.5, 0.6) is 0 Å². The first kappa shape index (κ1) is 11.7. The van der Waals surface area contributed by atoms with Crippen LogP contribution in [0.4, 0.5) is 0 Å². The van der Waals surface area contributed by atoms with Crippen LogP contribution in [-0.2, 0) is 0 Å². The Morgan fingerprint density at radius 1 is 1.50 bits per heavy atom. The van der Waals surface area contributed by atoms with Crippen LogP contribution in [0.15, 0.2) is 12.7 Å². The van der Waals surface area contributed by atoms with Gasteiger partial charge in [0.15, 0.2) is 0 Å². The zero-order chi connectivity index (χ0) is 9.40. The zero-order valence-corrected chi connectivity index (χ0v) is 8.84. The normalized spacial score (nSPS) is 13.3. The number of rotatable bonds is 7. The molecule has 1 heteroatoms. The molecule has 12 heavy (non-hydrogen) atoms. The van der Waals surface area contributed by atoms with Gasteiger partial charge in [-0.1, -0.05) is 19.4 Å². The summed E-state index contributed by atoms with van der Waals surface area (Å²) in [5.74, 6) is 0. The van der Waals surface area contributed by atoms with Gasteiger partial charge in [0.05, 0.1) is 0 Å². The van der Waals surface area contributed by atoms with Crippen LogP contribution < -0.4 is 0 Å². The second-order valence-electron chi connectivity index (χ2n) is 3.55. The Bertz CT molecular complexity index is 110. The maximum absolute atomic E-state index is 3.72. The maximum atomic E-state index is 3.72. The Morgan fingerprint density at radius 3 is 2.67 bits per heavy atom. The largest absolute Gasteiger partial charge is 0.304 e. The van der Waals surface area contributed by atoms with Crippen molar-refractivity contribution < 1.29 is 0 Å². The highest BCUT2D eigenvalue weighted by Gasteiger charge is 2.05. The molecule has 1 nitrogen and oxygen atoms in total. The van der Waals surface area contributed by atoms with Crippen LogP contribution in [-0.4, -0.2) is 24.5 Å². The SMILES string of the molecule is C=CCCCN(C)[C@@H](C)CCC. The fourth-order valence-electron chi connectivity index (χ4n) is 1.34. The zero-order valence-electron chi connectivity index (χ0n) is 8.84. The van der Waals surface area contributed by atoms with E-state index in [-0.39, 0.29) is 0 Å². The summed E-state index contributed by atoms with van der Waals surface area (Å²) >= 11 is 0. The van der Waals surface area contributed by atoms with Gasteiger partial charge in [0.1, 0.15) is 0 Å². The van der Waals surface area contributed by atoms with E-state index in [9.17, 15) is 0 Å². The van der Waals surface area contributed by atoms with Gasteiger partial charge in [-0.25, -0.2) is 0 Å². The van der Waals surface area contributed by atoms with Gasteiger partial charge < -0.3 is 4.90 Å². The van der Waals surface area contributed by atoms with Crippen LogP contribution >= 0.6 is 0 Å². The van der Waals surface area contributed by atoms with Crippen LogP contribution in [0, 0.1) is 0 Å². The van der Waals surface area contributed by atoms with Crippen LogP contribution in [0.25, 0.3) is 0 Å². The lowest BCUT2D eigenvalue weighted by Gasteiger charge is -2.23. The number of allylic oxidation sites excluding steroid dienone is 1. The minimum atomic E-state index is 0.736. The molecule has 0 aromatic rings. The molecule has 0 aliphatic carbocycles. The minimum Gasteiger partial charge on any atom is -0.304 e. The van der Waals surface area contributed by atoms with Crippen molar-refractivity contribution in [3.63, 3.8) is 0 Å². The summed E-state index contributed by atoms with van der Waals surface area (Å²) in [6, 6.07) is 0.736. The van der Waals surface area contributed by atoms with Gasteiger partial charge in [0, 0.05) is 6.04 Å². The van der Waals surface area contributed by atoms with Crippen molar-refractivity contribution >= 4 is 0 Å². The van der Waals surface area contributed by atoms with E-state index < -0.39 is 0 Å². The van der Waals surface area contributed by atoms with E-state index in [1.54, 1.807) is 0 Å². The first-order valence-corrected chi connectivity index (χ1v) is 5.03. The van der Waals surface area contributed by atoms with Gasteiger partial charge in [-0.05, 0) is 39.8 Å². The average Bonchev–Trinajstić information content (AvgIpc) is 2.05. The monoisotopic (exact) mass is 169 g/mol. The number of hydrogen-bond donors (Lipinski definition) is 0. The van der Waals surface area contributed by atoms with Crippen molar-refractivity contribution in [3.05, 3.63) is 12.7 Å². The van der Waals surface area contributed by atoms with E-state index in [4.69, 9.17) is 0 Å². The molecule has 0 saturated heterocycles. The van der Waals surface area contributed by atoms with Crippen molar-refractivity contribution in [1.29, 1.82) is 0 Å². The van der Waals surface area contributed by atoms with Gasteiger partial charge in [-0.3, -0.25) is 0 Å². The average molecular weight is 169 g/mol. The highest BCUT2D eigenvalue weighted by molar-refractivity contribution is 4.68. The molecule has 0 aliphatic rings. The lowest BCUT2D eigenvalue weighted by molar-refractivity contribution is 0.243. The van der Waals surface area contributed by atoms with E-state index in [2.05, 4.69) is 32.4 Å². The van der Waals surface area contributed by atoms with Gasteiger partial charge >= 0.3 is 0 Å². The van der Waals surface area contributed by atoms with Crippen molar-refractivity contribution in [2.45, 2.75) is 45.6 Å². The smallest absolute Gasteiger partial charge is 0.00637 e. The Hall–Kier alpha value is -0.300. The van der Waals surface area contributed by atoms with Crippen LogP contribution in [0.2, 0.25) is 0 Å². The van der Waals surface area contributed by atoms with Gasteiger partial charge in [-0.2, -0.15) is 0 Å². The molecule has 0 bridgehead atoms. The molecule has 0 aromatic carbocycles. The summed E-state index contributed by atoms with van der Waals surface area (Å²) in [7, 11) is 2.21. The molecule has 72 valence electrons. The summed E-state index contributed by atoms with van der Waals surface area (Å²) in [5.41, 5.74) is 0. The van der Waals surface area contributed by atoms with E-state index in [1.165, 1.54) is 25.8 Å². The van der Waals surface area contributed by atoms with Gasteiger partial charge in [0.2, 0.25) is 0 Å². The first-order chi connectivity index (χ1) is 5.72. The number of unbranched alkanes of at least 4 members (excludes halogenated alkanes) is 1. The molecule has 0 unspecified atom stereocenters. The predicted molar refractivity (Wildman–Crippen MR) is 56.4 cm³/mol. The van der Waals surface area contributed by atoms with Gasteiger partial charge in [0.25, 0.3) is 0 Å². The Morgan fingerprint density at radius 2 is 2.17 bits per heavy atom. The number of nitrogens with zero attached hydrogens (tertiary/aromatic N) is 1. The molecule has 0 heterocycles. The molecule has 0 rings (SSSR count). The van der Waals surface area contributed by atoms with Crippen molar-refractivity contribution in [3.8, 4) is 0 Å². The summed E-state index contributed by atoms with van der Waals surface area (Å²) in [6.45, 7) is 9.47. The van der Waals surface area contributed by atoms with Crippen LogP contribution in [0.3, 0.4) is 0 Å². The number of hydrogen-bond acceptors (Lipinski definition) is 1. The molecule has 0 aliphatic heterocycles. The topological polar surface area (TPSA) is 3.24 Å². The molecule has 1 atom stereocenters. The summed E-state index contributed by atoms with van der Waals surface area (Å²) in [6.07, 6.45) is 6.98. The predicted octanol–water partition coefficient (Wildman–Crippen LogP) is 3.07. The van der Waals surface area contributed by atoms with Crippen molar-refractivity contribution in [1.82, 2.24) is 4.90 Å². The third-order valence-corrected chi connectivity index (χ3v) is 2.38. The molecule has 0 radical (unpaired) electrons. The molecule has 0 amide bonds. The van der Waals surface area contributed by atoms with Crippen molar-refractivity contribution in [2.75, 3.05) is 13.6 Å². The molecule has 0 fully saturated rings. The summed E-state index contributed by atoms with van der Waals surface area (Å²) in [5, 5.41) is 0. The van der Waals surface area contributed by atoms with E-state index in [0.717, 1.165) is 12.5 Å². The highest BCUT2D eigenvalue weighted by atomic mass is 15.1. The maximum Gasteiger partial charge on any atom is 0.00637 e. The first-order valence-electron chi connectivity index (χ1n) is 5.03. The second-order valence-corrected chi connectivity index (χ2v) is 3.55. The highest BCUT2D eigenvalue weighted by Crippen LogP contribution is 2.05. The Labute approximate surface area is 77.5 Å². The quantitative estimate of drug-likeness (QED) is 0.418. The molecule has 0 N–H and O–H groups in total. The third-order valence-electron chi connectivity index (χ3n) is 2.38. The summed E-state index contributed by atoms with van der Waals surface area (Å²) in [4.78, 5) is 2.44. The van der Waals surface area contributed by atoms with E-state index >= 15 is 0 Å². The van der Waals surface area contributed by atoms with E-state index in [1.807, 2.05) is 6.08 Å². The fraction of sp³-hybridized carbons (Fsp3) is 0.818. The molecule has 0 aromatic heterocycles. The van der Waals surface area contributed by atoms with Gasteiger partial charge in [-0.15, -0.1) is 6.58 Å². The third kappa shape index (κ3) is 5.36. The molecule has 0 spiro atoms. The van der Waals surface area contributed by atoms with E-state index in [0.29, 0.717) is 0 Å².